The summed E-state index contributed by atoms with van der Waals surface area (Å²) in [6.07, 6.45) is 0.946. The lowest BCUT2D eigenvalue weighted by Gasteiger charge is -2.22. The lowest BCUT2D eigenvalue weighted by atomic mass is 10.1. The van der Waals surface area contributed by atoms with Crippen LogP contribution in [0.4, 0.5) is 0 Å². The Hall–Kier alpha value is -1.14. The molecule has 0 aromatic carbocycles. The fourth-order valence-electron chi connectivity index (χ4n) is 1.53. The molecule has 1 heterocycles. The molecule has 0 saturated carbocycles. The molecule has 1 rings (SSSR count). The third kappa shape index (κ3) is 5.16. The van der Waals surface area contributed by atoms with Crippen molar-refractivity contribution in [2.75, 3.05) is 0 Å². The Morgan fingerprint density at radius 2 is 2.00 bits per heavy atom. The highest BCUT2D eigenvalue weighted by Gasteiger charge is 2.14. The van der Waals surface area contributed by atoms with Gasteiger partial charge in [-0.3, -0.25) is 15.6 Å². The van der Waals surface area contributed by atoms with Crippen molar-refractivity contribution in [3.63, 3.8) is 0 Å². The molecule has 0 fully saturated rings. The zero-order valence-electron chi connectivity index (χ0n) is 12.0. The van der Waals surface area contributed by atoms with Crippen LogP contribution in [-0.2, 0) is 6.42 Å². The van der Waals surface area contributed by atoms with Gasteiger partial charge in [-0.15, -0.1) is 11.3 Å². The van der Waals surface area contributed by atoms with E-state index in [1.54, 1.807) is 0 Å². The van der Waals surface area contributed by atoms with Crippen LogP contribution in [0.15, 0.2) is 6.07 Å². The maximum Gasteiger partial charge on any atom is 0.279 e. The van der Waals surface area contributed by atoms with Crippen LogP contribution in [0.25, 0.3) is 0 Å². The van der Waals surface area contributed by atoms with Crippen molar-refractivity contribution in [3.8, 4) is 0 Å². The second-order valence-electron chi connectivity index (χ2n) is 5.35. The summed E-state index contributed by atoms with van der Waals surface area (Å²) in [5.41, 5.74) is 6.34. The van der Waals surface area contributed by atoms with Crippen LogP contribution < -0.4 is 16.2 Å². The highest BCUT2D eigenvalue weighted by Crippen LogP contribution is 2.21. The first-order chi connectivity index (χ1) is 8.73. The second-order valence-corrected chi connectivity index (χ2v) is 6.90. The molecule has 1 amide bonds. The van der Waals surface area contributed by atoms with Crippen LogP contribution in [0.1, 0.15) is 47.8 Å². The molecule has 0 aliphatic carbocycles. The van der Waals surface area contributed by atoms with Gasteiger partial charge in [0.15, 0.2) is 5.11 Å². The first-order valence-corrected chi connectivity index (χ1v) is 7.43. The van der Waals surface area contributed by atoms with Gasteiger partial charge in [-0.05, 0) is 58.0 Å². The van der Waals surface area contributed by atoms with Crippen LogP contribution in [0.5, 0.6) is 0 Å². The van der Waals surface area contributed by atoms with E-state index in [0.717, 1.165) is 12.0 Å². The normalized spacial score (nSPS) is 11.0. The van der Waals surface area contributed by atoms with Crippen LogP contribution in [0.2, 0.25) is 0 Å². The molecule has 0 bridgehead atoms. The Morgan fingerprint density at radius 1 is 1.37 bits per heavy atom. The van der Waals surface area contributed by atoms with Gasteiger partial charge in [0, 0.05) is 10.4 Å². The van der Waals surface area contributed by atoms with Gasteiger partial charge in [0.2, 0.25) is 0 Å². The Labute approximate surface area is 123 Å². The predicted octanol–water partition coefficient (Wildman–Crippen LogP) is 2.53. The molecule has 0 aliphatic heterocycles. The number of hydrazine groups is 1. The van der Waals surface area contributed by atoms with Crippen LogP contribution in [-0.4, -0.2) is 16.6 Å². The molecule has 0 spiro atoms. The van der Waals surface area contributed by atoms with Crippen molar-refractivity contribution < 1.29 is 4.79 Å². The Kier molecular flexibility index (Phi) is 5.31. The first-order valence-electron chi connectivity index (χ1n) is 6.20. The molecule has 1 aromatic rings. The van der Waals surface area contributed by atoms with E-state index < -0.39 is 0 Å². The van der Waals surface area contributed by atoms with Crippen molar-refractivity contribution in [1.29, 1.82) is 0 Å². The maximum absolute atomic E-state index is 11.9. The predicted molar refractivity (Wildman–Crippen MR) is 84.5 cm³/mol. The summed E-state index contributed by atoms with van der Waals surface area (Å²) in [7, 11) is 0. The van der Waals surface area contributed by atoms with Crippen molar-refractivity contribution in [2.24, 2.45) is 0 Å². The lowest BCUT2D eigenvalue weighted by Crippen LogP contribution is -2.52. The van der Waals surface area contributed by atoms with E-state index in [-0.39, 0.29) is 11.4 Å². The summed E-state index contributed by atoms with van der Waals surface area (Å²) < 4.78 is 0. The minimum Gasteiger partial charge on any atom is -0.357 e. The largest absolute Gasteiger partial charge is 0.357 e. The molecule has 0 unspecified atom stereocenters. The number of hydrogen-bond acceptors (Lipinski definition) is 3. The number of nitrogens with one attached hydrogen (secondary N) is 3. The minimum absolute atomic E-state index is 0.135. The standard InChI is InChI=1S/C13H21N3OS2/c1-6-9-8(2)7-10(19-9)11(17)15-16-12(18)14-13(3,4)5/h7H,6H2,1-5H3,(H,15,17)(H2,14,16,18). The van der Waals surface area contributed by atoms with E-state index in [0.29, 0.717) is 9.99 Å². The number of amides is 1. The summed E-state index contributed by atoms with van der Waals surface area (Å²) in [6, 6.07) is 1.90. The fraction of sp³-hybridized carbons (Fsp3) is 0.538. The monoisotopic (exact) mass is 299 g/mol. The van der Waals surface area contributed by atoms with E-state index in [1.165, 1.54) is 16.2 Å². The average molecular weight is 299 g/mol. The molecule has 4 nitrogen and oxygen atoms in total. The van der Waals surface area contributed by atoms with Gasteiger partial charge < -0.3 is 5.32 Å². The van der Waals surface area contributed by atoms with Gasteiger partial charge in [-0.1, -0.05) is 6.92 Å². The lowest BCUT2D eigenvalue weighted by molar-refractivity contribution is 0.0947. The molecule has 3 N–H and O–H groups in total. The van der Waals surface area contributed by atoms with Crippen LogP contribution in [0.3, 0.4) is 0 Å². The maximum atomic E-state index is 11.9. The van der Waals surface area contributed by atoms with Gasteiger partial charge >= 0.3 is 0 Å². The molecule has 19 heavy (non-hydrogen) atoms. The molecule has 0 radical (unpaired) electrons. The summed E-state index contributed by atoms with van der Waals surface area (Å²) in [5.74, 6) is -0.161. The summed E-state index contributed by atoms with van der Waals surface area (Å²) in [6.45, 7) is 10.1. The average Bonchev–Trinajstić information content (AvgIpc) is 2.65. The molecular weight excluding hydrogens is 278 g/mol. The summed E-state index contributed by atoms with van der Waals surface area (Å²) in [5, 5.41) is 3.47. The molecule has 0 atom stereocenters. The molecular formula is C13H21N3OS2. The third-order valence-electron chi connectivity index (χ3n) is 2.34. The van der Waals surface area contributed by atoms with Crippen molar-refractivity contribution in [1.82, 2.24) is 16.2 Å². The SMILES string of the molecule is CCc1sc(C(=O)NNC(=S)NC(C)(C)C)cc1C. The van der Waals surface area contributed by atoms with E-state index >= 15 is 0 Å². The molecule has 0 aliphatic rings. The van der Waals surface area contributed by atoms with Crippen LogP contribution >= 0.6 is 23.6 Å². The number of aryl methyl sites for hydroxylation is 2. The number of hydrogen-bond donors (Lipinski definition) is 3. The van der Waals surface area contributed by atoms with Crippen LogP contribution in [0, 0.1) is 6.92 Å². The summed E-state index contributed by atoms with van der Waals surface area (Å²) >= 11 is 6.61. The minimum atomic E-state index is -0.161. The highest BCUT2D eigenvalue weighted by atomic mass is 32.1. The third-order valence-corrected chi connectivity index (χ3v) is 3.93. The van der Waals surface area contributed by atoms with E-state index in [4.69, 9.17) is 12.2 Å². The van der Waals surface area contributed by atoms with E-state index in [9.17, 15) is 4.79 Å². The number of carbonyl (C=O) groups is 1. The van der Waals surface area contributed by atoms with Gasteiger partial charge in [-0.25, -0.2) is 0 Å². The molecule has 106 valence electrons. The second kappa shape index (κ2) is 6.34. The number of carbonyl (C=O) groups excluding carboxylic acids is 1. The molecule has 1 aromatic heterocycles. The Balaban J connectivity index is 2.53. The number of thiophene rings is 1. The Bertz CT molecular complexity index is 475. The fourth-order valence-corrected chi connectivity index (χ4v) is 2.90. The first kappa shape index (κ1) is 15.9. The van der Waals surface area contributed by atoms with Gasteiger partial charge in [-0.2, -0.15) is 0 Å². The van der Waals surface area contributed by atoms with Gasteiger partial charge in [0.05, 0.1) is 4.88 Å². The summed E-state index contributed by atoms with van der Waals surface area (Å²) in [4.78, 5) is 13.9. The highest BCUT2D eigenvalue weighted by molar-refractivity contribution is 7.80. The molecule has 0 saturated heterocycles. The van der Waals surface area contributed by atoms with Crippen molar-refractivity contribution in [3.05, 3.63) is 21.4 Å². The zero-order valence-corrected chi connectivity index (χ0v) is 13.6. The number of thiocarbonyl (C=S) groups is 1. The molecule has 6 heteroatoms. The Morgan fingerprint density at radius 3 is 2.47 bits per heavy atom. The number of rotatable bonds is 2. The van der Waals surface area contributed by atoms with Crippen molar-refractivity contribution >= 4 is 34.6 Å². The van der Waals surface area contributed by atoms with Crippen molar-refractivity contribution in [2.45, 2.75) is 46.6 Å². The van der Waals surface area contributed by atoms with E-state index in [2.05, 4.69) is 23.1 Å². The topological polar surface area (TPSA) is 53.2 Å². The van der Waals surface area contributed by atoms with E-state index in [1.807, 2.05) is 33.8 Å². The van der Waals surface area contributed by atoms with Gasteiger partial charge in [0.1, 0.15) is 0 Å². The zero-order chi connectivity index (χ0) is 14.6. The quantitative estimate of drug-likeness (QED) is 0.580. The smallest absolute Gasteiger partial charge is 0.279 e. The van der Waals surface area contributed by atoms with Gasteiger partial charge in [0.25, 0.3) is 5.91 Å².